The van der Waals surface area contributed by atoms with Crippen LogP contribution in [-0.4, -0.2) is 67.0 Å². The molecular formula is C30H40FN3O5. The molecule has 0 aliphatic carbocycles. The molecule has 2 saturated heterocycles. The molecule has 3 aliphatic heterocycles. The van der Waals surface area contributed by atoms with Gasteiger partial charge in [-0.05, 0) is 81.0 Å². The normalized spacial score (nSPS) is 22.2. The monoisotopic (exact) mass is 541 g/mol. The van der Waals surface area contributed by atoms with Gasteiger partial charge in [0.2, 0.25) is 0 Å². The smallest absolute Gasteiger partial charge is 0.325 e. The first kappa shape index (κ1) is 27.8. The van der Waals surface area contributed by atoms with Gasteiger partial charge in [-0.3, -0.25) is 9.69 Å². The predicted molar refractivity (Wildman–Crippen MR) is 146 cm³/mol. The summed E-state index contributed by atoms with van der Waals surface area (Å²) in [5, 5.41) is 13.6. The minimum atomic E-state index is -0.972. The van der Waals surface area contributed by atoms with Crippen molar-refractivity contribution < 1.29 is 28.5 Å². The number of benzene rings is 1. The molecule has 0 unspecified atom stereocenters. The third kappa shape index (κ3) is 6.70. The van der Waals surface area contributed by atoms with E-state index in [4.69, 9.17) is 19.2 Å². The molecule has 2 N–H and O–H groups in total. The third-order valence-corrected chi connectivity index (χ3v) is 8.08. The van der Waals surface area contributed by atoms with Crippen LogP contribution in [0, 0.1) is 5.82 Å². The van der Waals surface area contributed by atoms with Crippen molar-refractivity contribution in [2.75, 3.05) is 45.3 Å². The van der Waals surface area contributed by atoms with Crippen LogP contribution < -0.4 is 10.1 Å². The van der Waals surface area contributed by atoms with Crippen molar-refractivity contribution >= 4 is 11.8 Å². The summed E-state index contributed by atoms with van der Waals surface area (Å²) in [5.74, 6) is 0.460. The van der Waals surface area contributed by atoms with Crippen LogP contribution in [0.2, 0.25) is 0 Å². The maximum Gasteiger partial charge on any atom is 0.325 e. The van der Waals surface area contributed by atoms with Gasteiger partial charge < -0.3 is 24.6 Å². The minimum absolute atomic E-state index is 0.0408. The van der Waals surface area contributed by atoms with E-state index < -0.39 is 17.8 Å². The lowest BCUT2D eigenvalue weighted by molar-refractivity contribution is -0.143. The second kappa shape index (κ2) is 13.1. The highest BCUT2D eigenvalue weighted by Crippen LogP contribution is 2.37. The molecule has 212 valence electrons. The number of rotatable bonds is 11. The first-order valence-corrected chi connectivity index (χ1v) is 14.3. The van der Waals surface area contributed by atoms with Crippen LogP contribution in [0.3, 0.4) is 0 Å². The number of aromatic nitrogens is 1. The highest BCUT2D eigenvalue weighted by Gasteiger charge is 2.36. The third-order valence-electron chi connectivity index (χ3n) is 8.08. The molecule has 0 bridgehead atoms. The molecule has 0 spiro atoms. The number of fused-ring (bicyclic) bond motifs is 1. The Kier molecular flexibility index (Phi) is 9.32. The lowest BCUT2D eigenvalue weighted by Crippen LogP contribution is -2.34. The zero-order valence-corrected chi connectivity index (χ0v) is 22.8. The highest BCUT2D eigenvalue weighted by molar-refractivity contribution is 5.76. The van der Waals surface area contributed by atoms with Crippen molar-refractivity contribution in [3.8, 4) is 5.75 Å². The van der Waals surface area contributed by atoms with E-state index in [9.17, 15) is 14.3 Å². The first-order chi connectivity index (χ1) is 19.0. The number of hydrogen-bond acceptors (Lipinski definition) is 7. The molecule has 2 fully saturated rings. The van der Waals surface area contributed by atoms with Gasteiger partial charge >= 0.3 is 5.97 Å². The Morgan fingerprint density at radius 3 is 2.95 bits per heavy atom. The molecule has 3 atom stereocenters. The molecule has 0 radical (unpaired) electrons. The van der Waals surface area contributed by atoms with Gasteiger partial charge in [-0.25, -0.2) is 9.37 Å². The van der Waals surface area contributed by atoms with E-state index in [1.807, 2.05) is 11.0 Å². The van der Waals surface area contributed by atoms with Gasteiger partial charge in [0.25, 0.3) is 0 Å². The summed E-state index contributed by atoms with van der Waals surface area (Å²) in [6.45, 7) is 3.29. The van der Waals surface area contributed by atoms with E-state index in [-0.39, 0.29) is 12.2 Å². The van der Waals surface area contributed by atoms with Gasteiger partial charge in [-0.2, -0.15) is 0 Å². The Morgan fingerprint density at radius 2 is 2.15 bits per heavy atom. The number of aliphatic carboxylic acids is 1. The van der Waals surface area contributed by atoms with Crippen LogP contribution in [0.5, 0.6) is 5.75 Å². The second-order valence-corrected chi connectivity index (χ2v) is 10.8. The van der Waals surface area contributed by atoms with Crippen LogP contribution in [0.25, 0.3) is 0 Å². The molecule has 4 heterocycles. The first-order valence-electron chi connectivity index (χ1n) is 14.3. The van der Waals surface area contributed by atoms with E-state index in [0.717, 1.165) is 92.7 Å². The lowest BCUT2D eigenvalue weighted by atomic mass is 9.92. The number of likely N-dealkylation sites (tertiary alicyclic amines) is 1. The summed E-state index contributed by atoms with van der Waals surface area (Å²) in [7, 11) is 1.71. The SMILES string of the molecule is COc1cc(CCCCO[C@@H]2CCN([C@@H](C(=O)O)c3cc(F)ccc3[C@H]3CCCCO3)C2)nc2c1CCCN2. The Bertz CT molecular complexity index is 1120. The zero-order valence-electron chi connectivity index (χ0n) is 22.8. The number of methoxy groups -OCH3 is 1. The number of nitrogens with zero attached hydrogens (tertiary/aromatic N) is 2. The number of ether oxygens (including phenoxy) is 3. The van der Waals surface area contributed by atoms with E-state index in [0.29, 0.717) is 31.9 Å². The Morgan fingerprint density at radius 1 is 1.26 bits per heavy atom. The summed E-state index contributed by atoms with van der Waals surface area (Å²) >= 11 is 0. The van der Waals surface area contributed by atoms with E-state index in [2.05, 4.69) is 5.32 Å². The maximum absolute atomic E-state index is 14.3. The topological polar surface area (TPSA) is 93.2 Å². The van der Waals surface area contributed by atoms with E-state index in [1.54, 1.807) is 13.2 Å². The number of halogens is 1. The van der Waals surface area contributed by atoms with Crippen molar-refractivity contribution in [1.82, 2.24) is 9.88 Å². The second-order valence-electron chi connectivity index (χ2n) is 10.8. The molecule has 1 aromatic carbocycles. The quantitative estimate of drug-likeness (QED) is 0.381. The Balaban J connectivity index is 1.14. The van der Waals surface area contributed by atoms with E-state index >= 15 is 0 Å². The molecule has 2 aromatic rings. The molecule has 0 amide bonds. The molecule has 3 aliphatic rings. The number of carboxylic acid groups (broad SMARTS) is 1. The van der Waals surface area contributed by atoms with Crippen LogP contribution >= 0.6 is 0 Å². The number of carboxylic acids is 1. The minimum Gasteiger partial charge on any atom is -0.496 e. The standard InChI is InChI=1S/C30H40FN3O5/c1-37-27-18-21(33-29-24(27)8-6-13-32-29)7-2-4-15-38-22-12-14-34(19-22)28(30(35)36)25-17-20(31)10-11-23(25)26-9-3-5-16-39-26/h10-11,17-18,22,26,28H,2-9,12-16,19H2,1H3,(H,32,33)(H,35,36)/t22-,26-,28-/m1/s1. The van der Waals surface area contributed by atoms with Crippen molar-refractivity contribution in [1.29, 1.82) is 0 Å². The molecule has 0 saturated carbocycles. The van der Waals surface area contributed by atoms with Gasteiger partial charge in [-0.1, -0.05) is 6.07 Å². The largest absolute Gasteiger partial charge is 0.496 e. The highest BCUT2D eigenvalue weighted by atomic mass is 19.1. The number of carbonyl (C=O) groups is 1. The number of unbranched alkanes of at least 4 members (excludes halogenated alkanes) is 1. The summed E-state index contributed by atoms with van der Waals surface area (Å²) in [5.41, 5.74) is 3.47. The number of hydrogen-bond donors (Lipinski definition) is 2. The predicted octanol–water partition coefficient (Wildman–Crippen LogP) is 5.07. The van der Waals surface area contributed by atoms with Gasteiger partial charge in [0.1, 0.15) is 23.4 Å². The van der Waals surface area contributed by atoms with Gasteiger partial charge in [-0.15, -0.1) is 0 Å². The number of nitrogens with one attached hydrogen (secondary N) is 1. The Hall–Kier alpha value is -2.75. The fraction of sp³-hybridized carbons (Fsp3) is 0.600. The maximum atomic E-state index is 14.3. The number of pyridine rings is 1. The molecule has 39 heavy (non-hydrogen) atoms. The average molecular weight is 542 g/mol. The molecule has 5 rings (SSSR count). The van der Waals surface area contributed by atoms with Crippen LogP contribution in [0.1, 0.15) is 79.5 Å². The summed E-state index contributed by atoms with van der Waals surface area (Å²) in [4.78, 5) is 19.1. The van der Waals surface area contributed by atoms with Crippen molar-refractivity contribution in [2.24, 2.45) is 0 Å². The lowest BCUT2D eigenvalue weighted by Gasteiger charge is -2.30. The van der Waals surface area contributed by atoms with Gasteiger partial charge in [0, 0.05) is 50.2 Å². The van der Waals surface area contributed by atoms with Crippen molar-refractivity contribution in [2.45, 2.75) is 76.0 Å². The molecular weight excluding hydrogens is 501 g/mol. The average Bonchev–Trinajstić information content (AvgIpc) is 3.41. The Labute approximate surface area is 229 Å². The summed E-state index contributed by atoms with van der Waals surface area (Å²) in [6.07, 6.45) is 8.11. The van der Waals surface area contributed by atoms with Crippen molar-refractivity contribution in [3.63, 3.8) is 0 Å². The molecule has 8 nitrogen and oxygen atoms in total. The molecule has 1 aromatic heterocycles. The fourth-order valence-corrected chi connectivity index (χ4v) is 6.10. The zero-order chi connectivity index (χ0) is 27.2. The summed E-state index contributed by atoms with van der Waals surface area (Å²) in [6, 6.07) is 5.60. The summed E-state index contributed by atoms with van der Waals surface area (Å²) < 4.78 is 32.0. The van der Waals surface area contributed by atoms with Crippen LogP contribution in [0.15, 0.2) is 24.3 Å². The molecule has 9 heteroatoms. The number of anilines is 1. The van der Waals surface area contributed by atoms with Gasteiger partial charge in [0.15, 0.2) is 0 Å². The number of aryl methyl sites for hydroxylation is 1. The van der Waals surface area contributed by atoms with Gasteiger partial charge in [0.05, 0.1) is 19.3 Å². The van der Waals surface area contributed by atoms with Crippen LogP contribution in [-0.2, 0) is 27.1 Å². The van der Waals surface area contributed by atoms with Crippen molar-refractivity contribution in [3.05, 3.63) is 52.5 Å². The van der Waals surface area contributed by atoms with Crippen LogP contribution in [0.4, 0.5) is 10.2 Å². The van der Waals surface area contributed by atoms with E-state index in [1.165, 1.54) is 12.1 Å². The fourth-order valence-electron chi connectivity index (χ4n) is 6.10.